The zero-order valence-electron chi connectivity index (χ0n) is 15.1. The fourth-order valence-electron chi connectivity index (χ4n) is 3.70. The molecular formula is C25H19FN2. The molecule has 2 aromatic heterocycles. The lowest BCUT2D eigenvalue weighted by Gasteiger charge is -2.08. The number of aromatic amines is 1. The number of halogens is 1. The molecule has 0 saturated heterocycles. The minimum absolute atomic E-state index is 0. The maximum absolute atomic E-state index is 14.4. The average Bonchev–Trinajstić information content (AvgIpc) is 3.19. The number of hydrogen-bond donors (Lipinski definition) is 1. The van der Waals surface area contributed by atoms with E-state index in [1.165, 1.54) is 16.8 Å². The molecule has 28 heavy (non-hydrogen) atoms. The van der Waals surface area contributed by atoms with E-state index in [-0.39, 0.29) is 7.24 Å². The molecule has 0 aliphatic rings. The topological polar surface area (TPSA) is 28.7 Å². The number of nitrogens with one attached hydrogen (secondary N) is 1. The molecule has 3 aromatic carbocycles. The monoisotopic (exact) mass is 366 g/mol. The Morgan fingerprint density at radius 2 is 1.43 bits per heavy atom. The Kier molecular flexibility index (Phi) is 3.99. The van der Waals surface area contributed by atoms with E-state index in [1.54, 1.807) is 24.5 Å². The predicted octanol–water partition coefficient (Wildman–Crippen LogP) is 6.95. The van der Waals surface area contributed by atoms with Crippen LogP contribution in [0.1, 0.15) is 1.43 Å². The molecule has 2 heterocycles. The molecule has 0 radical (unpaired) electrons. The summed E-state index contributed by atoms with van der Waals surface area (Å²) < 4.78 is 14.4. The maximum atomic E-state index is 14.4. The van der Waals surface area contributed by atoms with E-state index in [0.29, 0.717) is 5.56 Å². The molecule has 0 spiro atoms. The highest BCUT2D eigenvalue weighted by molar-refractivity contribution is 6.01. The summed E-state index contributed by atoms with van der Waals surface area (Å²) in [5.41, 5.74) is 5.44. The SMILES string of the molecule is Fc1ccccc1-c1cc(-c2cccc3ccccc23)c(-c2ccncc2)[nH]1.[HH]. The molecule has 0 amide bonds. The smallest absolute Gasteiger partial charge is 0.132 e. The van der Waals surface area contributed by atoms with E-state index in [9.17, 15) is 4.39 Å². The number of pyridine rings is 1. The van der Waals surface area contributed by atoms with Crippen LogP contribution >= 0.6 is 0 Å². The summed E-state index contributed by atoms with van der Waals surface area (Å²) in [6.07, 6.45) is 3.54. The fraction of sp³-hybridized carbons (Fsp3) is 0. The summed E-state index contributed by atoms with van der Waals surface area (Å²) in [6, 6.07) is 27.4. The van der Waals surface area contributed by atoms with Crippen LogP contribution in [0.3, 0.4) is 0 Å². The second-order valence-corrected chi connectivity index (χ2v) is 6.71. The van der Waals surface area contributed by atoms with Crippen LogP contribution in [0.4, 0.5) is 4.39 Å². The van der Waals surface area contributed by atoms with E-state index in [1.807, 2.05) is 36.4 Å². The number of nitrogens with zero attached hydrogens (tertiary/aromatic N) is 1. The zero-order valence-corrected chi connectivity index (χ0v) is 15.1. The highest BCUT2D eigenvalue weighted by Gasteiger charge is 2.16. The minimum Gasteiger partial charge on any atom is -0.354 e. The van der Waals surface area contributed by atoms with Crippen molar-refractivity contribution in [1.29, 1.82) is 0 Å². The van der Waals surface area contributed by atoms with E-state index < -0.39 is 0 Å². The third-order valence-corrected chi connectivity index (χ3v) is 5.03. The fourth-order valence-corrected chi connectivity index (χ4v) is 3.70. The number of rotatable bonds is 3. The van der Waals surface area contributed by atoms with E-state index in [4.69, 9.17) is 0 Å². The van der Waals surface area contributed by atoms with Gasteiger partial charge in [0.2, 0.25) is 0 Å². The number of hydrogen-bond acceptors (Lipinski definition) is 1. The summed E-state index contributed by atoms with van der Waals surface area (Å²) in [6.45, 7) is 0. The molecule has 0 atom stereocenters. The van der Waals surface area contributed by atoms with Crippen LogP contribution in [-0.4, -0.2) is 9.97 Å². The second-order valence-electron chi connectivity index (χ2n) is 6.71. The van der Waals surface area contributed by atoms with Crippen molar-refractivity contribution in [3.05, 3.63) is 103 Å². The van der Waals surface area contributed by atoms with Gasteiger partial charge in [-0.15, -0.1) is 0 Å². The number of H-pyrrole nitrogens is 1. The van der Waals surface area contributed by atoms with Gasteiger partial charge in [-0.25, -0.2) is 4.39 Å². The Bertz CT molecular complexity index is 1270. The van der Waals surface area contributed by atoms with Gasteiger partial charge in [-0.1, -0.05) is 54.6 Å². The average molecular weight is 366 g/mol. The van der Waals surface area contributed by atoms with Gasteiger partial charge in [0, 0.05) is 36.2 Å². The molecule has 1 N–H and O–H groups in total. The first-order valence-corrected chi connectivity index (χ1v) is 9.18. The summed E-state index contributed by atoms with van der Waals surface area (Å²) in [7, 11) is 0. The molecule has 136 valence electrons. The molecular weight excluding hydrogens is 347 g/mol. The van der Waals surface area contributed by atoms with Gasteiger partial charge in [-0.05, 0) is 46.7 Å². The first-order chi connectivity index (χ1) is 13.8. The number of benzene rings is 3. The predicted molar refractivity (Wildman–Crippen MR) is 114 cm³/mol. The molecule has 2 nitrogen and oxygen atoms in total. The molecule has 0 bridgehead atoms. The molecule has 5 aromatic rings. The lowest BCUT2D eigenvalue weighted by Crippen LogP contribution is -1.85. The summed E-state index contributed by atoms with van der Waals surface area (Å²) in [5, 5.41) is 2.34. The van der Waals surface area contributed by atoms with E-state index >= 15 is 0 Å². The number of fused-ring (bicyclic) bond motifs is 1. The Morgan fingerprint density at radius 1 is 0.714 bits per heavy atom. The van der Waals surface area contributed by atoms with Crippen molar-refractivity contribution >= 4 is 10.8 Å². The van der Waals surface area contributed by atoms with Crippen molar-refractivity contribution in [3.8, 4) is 33.6 Å². The quantitative estimate of drug-likeness (QED) is 0.368. The largest absolute Gasteiger partial charge is 0.354 e. The normalized spacial score (nSPS) is 11.0. The van der Waals surface area contributed by atoms with Crippen LogP contribution in [0.2, 0.25) is 0 Å². The van der Waals surface area contributed by atoms with Crippen molar-refractivity contribution in [1.82, 2.24) is 9.97 Å². The lowest BCUT2D eigenvalue weighted by atomic mass is 9.96. The molecule has 0 fully saturated rings. The Labute approximate surface area is 163 Å². The van der Waals surface area contributed by atoms with Crippen molar-refractivity contribution in [2.24, 2.45) is 0 Å². The molecule has 3 heteroatoms. The van der Waals surface area contributed by atoms with Gasteiger partial charge >= 0.3 is 0 Å². The van der Waals surface area contributed by atoms with Crippen LogP contribution in [0.25, 0.3) is 44.4 Å². The highest BCUT2D eigenvalue weighted by Crippen LogP contribution is 2.39. The van der Waals surface area contributed by atoms with E-state index in [2.05, 4.69) is 40.3 Å². The summed E-state index contributed by atoms with van der Waals surface area (Å²) in [5.74, 6) is -0.241. The number of aromatic nitrogens is 2. The van der Waals surface area contributed by atoms with Crippen molar-refractivity contribution < 1.29 is 5.82 Å². The maximum Gasteiger partial charge on any atom is 0.132 e. The highest BCUT2D eigenvalue weighted by atomic mass is 19.1. The van der Waals surface area contributed by atoms with Gasteiger partial charge in [-0.3, -0.25) is 4.98 Å². The van der Waals surface area contributed by atoms with Crippen molar-refractivity contribution in [2.45, 2.75) is 0 Å². The molecule has 0 aliphatic carbocycles. The van der Waals surface area contributed by atoms with Crippen molar-refractivity contribution in [2.75, 3.05) is 0 Å². The van der Waals surface area contributed by atoms with Crippen LogP contribution < -0.4 is 0 Å². The Balaban J connectivity index is 0.00000205. The Hall–Kier alpha value is -3.72. The van der Waals surface area contributed by atoms with Crippen LogP contribution in [0.5, 0.6) is 0 Å². The van der Waals surface area contributed by atoms with Crippen molar-refractivity contribution in [3.63, 3.8) is 0 Å². The van der Waals surface area contributed by atoms with Crippen LogP contribution in [-0.2, 0) is 0 Å². The second kappa shape index (κ2) is 6.78. The summed E-state index contributed by atoms with van der Waals surface area (Å²) in [4.78, 5) is 7.58. The van der Waals surface area contributed by atoms with Gasteiger partial charge in [0.15, 0.2) is 0 Å². The molecule has 0 aliphatic heterocycles. The van der Waals surface area contributed by atoms with Gasteiger partial charge in [0.1, 0.15) is 5.82 Å². The van der Waals surface area contributed by atoms with Gasteiger partial charge < -0.3 is 4.98 Å². The standard InChI is InChI=1S/C25H17FN2.H2/c26-23-11-4-3-9-21(23)24-16-22(25(28-24)18-12-14-27-15-13-18)20-10-5-7-17-6-1-2-8-19(17)20;/h1-16,28H;1H. The summed E-state index contributed by atoms with van der Waals surface area (Å²) >= 11 is 0. The molecule has 0 saturated carbocycles. The van der Waals surface area contributed by atoms with Crippen LogP contribution in [0, 0.1) is 5.82 Å². The minimum atomic E-state index is -0.241. The van der Waals surface area contributed by atoms with Crippen LogP contribution in [0.15, 0.2) is 97.3 Å². The van der Waals surface area contributed by atoms with Gasteiger partial charge in [0.05, 0.1) is 5.69 Å². The van der Waals surface area contributed by atoms with E-state index in [0.717, 1.165) is 28.1 Å². The first kappa shape index (κ1) is 16.5. The molecule has 0 unspecified atom stereocenters. The third-order valence-electron chi connectivity index (χ3n) is 5.03. The first-order valence-electron chi connectivity index (χ1n) is 9.18. The third kappa shape index (κ3) is 2.78. The zero-order chi connectivity index (χ0) is 18.9. The lowest BCUT2D eigenvalue weighted by molar-refractivity contribution is 0.631. The Morgan fingerprint density at radius 3 is 2.29 bits per heavy atom. The molecule has 5 rings (SSSR count). The van der Waals surface area contributed by atoms with Gasteiger partial charge in [0.25, 0.3) is 0 Å². The van der Waals surface area contributed by atoms with Gasteiger partial charge in [-0.2, -0.15) is 0 Å².